The Morgan fingerprint density at radius 1 is 0.788 bits per heavy atom. The van der Waals surface area contributed by atoms with Gasteiger partial charge in [-0.25, -0.2) is 9.97 Å². The quantitative estimate of drug-likeness (QED) is 0.333. The molecular formula is C27H27N5O. The van der Waals surface area contributed by atoms with Gasteiger partial charge in [0.2, 0.25) is 0 Å². The molecule has 1 saturated heterocycles. The summed E-state index contributed by atoms with van der Waals surface area (Å²) in [6, 6.07) is 20.9. The van der Waals surface area contributed by atoms with Crippen LogP contribution >= 0.6 is 0 Å². The number of aromatic amines is 2. The van der Waals surface area contributed by atoms with Crippen LogP contribution in [0.2, 0.25) is 0 Å². The van der Waals surface area contributed by atoms with E-state index in [-0.39, 0.29) is 0 Å². The molecule has 166 valence electrons. The highest BCUT2D eigenvalue weighted by molar-refractivity contribution is 5.86. The number of ether oxygens (including phenoxy) is 1. The standard InChI is InChI=1S/C27H27N5O/c1-2-33-21-7-3-18(4-8-21)26-29-23-10-6-20(16-25(23)31-26)27-30-22-9-5-19(15-24(22)32-27)17-11-13-28-14-12-17/h3-10,15-17,28H,2,11-14H2,1H3,(H,29,31)(H,30,32). The normalized spacial score (nSPS) is 14.8. The van der Waals surface area contributed by atoms with Gasteiger partial charge in [0.15, 0.2) is 0 Å². The van der Waals surface area contributed by atoms with Gasteiger partial charge in [-0.15, -0.1) is 0 Å². The first-order valence-corrected chi connectivity index (χ1v) is 11.7. The number of aromatic nitrogens is 4. The minimum Gasteiger partial charge on any atom is -0.494 e. The average molecular weight is 438 g/mol. The highest BCUT2D eigenvalue weighted by Gasteiger charge is 2.16. The van der Waals surface area contributed by atoms with Gasteiger partial charge in [0, 0.05) is 11.1 Å². The second kappa shape index (κ2) is 8.37. The fraction of sp³-hybridized carbons (Fsp3) is 0.259. The smallest absolute Gasteiger partial charge is 0.138 e. The van der Waals surface area contributed by atoms with Gasteiger partial charge >= 0.3 is 0 Å². The topological polar surface area (TPSA) is 78.6 Å². The van der Waals surface area contributed by atoms with Gasteiger partial charge in [-0.05, 0) is 98.9 Å². The minimum absolute atomic E-state index is 0.629. The van der Waals surface area contributed by atoms with Crippen molar-refractivity contribution in [2.24, 2.45) is 0 Å². The lowest BCUT2D eigenvalue weighted by atomic mass is 9.90. The molecule has 0 saturated carbocycles. The highest BCUT2D eigenvalue weighted by atomic mass is 16.5. The molecule has 3 aromatic carbocycles. The summed E-state index contributed by atoms with van der Waals surface area (Å²) >= 11 is 0. The predicted molar refractivity (Wildman–Crippen MR) is 133 cm³/mol. The number of hydrogen-bond donors (Lipinski definition) is 3. The number of benzene rings is 3. The maximum atomic E-state index is 5.54. The molecular weight excluding hydrogens is 410 g/mol. The van der Waals surface area contributed by atoms with Crippen LogP contribution in [-0.4, -0.2) is 39.6 Å². The third-order valence-electron chi connectivity index (χ3n) is 6.51. The Hall–Kier alpha value is -3.64. The summed E-state index contributed by atoms with van der Waals surface area (Å²) in [5, 5.41) is 3.45. The van der Waals surface area contributed by atoms with Crippen molar-refractivity contribution >= 4 is 22.1 Å². The van der Waals surface area contributed by atoms with E-state index in [0.29, 0.717) is 12.5 Å². The van der Waals surface area contributed by atoms with Crippen LogP contribution in [0.5, 0.6) is 5.75 Å². The summed E-state index contributed by atoms with van der Waals surface area (Å²) < 4.78 is 5.54. The Balaban J connectivity index is 1.30. The van der Waals surface area contributed by atoms with Crippen molar-refractivity contribution in [1.82, 2.24) is 25.3 Å². The van der Waals surface area contributed by atoms with Gasteiger partial charge < -0.3 is 20.0 Å². The molecule has 6 rings (SSSR count). The summed E-state index contributed by atoms with van der Waals surface area (Å²) in [4.78, 5) is 16.6. The van der Waals surface area contributed by atoms with Crippen LogP contribution in [0.15, 0.2) is 60.7 Å². The molecule has 1 fully saturated rings. The first-order chi connectivity index (χ1) is 16.3. The maximum absolute atomic E-state index is 5.54. The fourth-order valence-corrected chi connectivity index (χ4v) is 4.74. The van der Waals surface area contributed by atoms with E-state index in [4.69, 9.17) is 14.7 Å². The van der Waals surface area contributed by atoms with Crippen molar-refractivity contribution in [3.8, 4) is 28.5 Å². The Kier molecular flexibility index (Phi) is 5.07. The summed E-state index contributed by atoms with van der Waals surface area (Å²) in [5.74, 6) is 3.23. The van der Waals surface area contributed by atoms with Crippen molar-refractivity contribution in [2.75, 3.05) is 19.7 Å². The largest absolute Gasteiger partial charge is 0.494 e. The Labute approximate surface area is 192 Å². The molecule has 0 spiro atoms. The number of piperidine rings is 1. The van der Waals surface area contributed by atoms with E-state index < -0.39 is 0 Å². The highest BCUT2D eigenvalue weighted by Crippen LogP contribution is 2.30. The van der Waals surface area contributed by atoms with Gasteiger partial charge in [-0.2, -0.15) is 0 Å². The zero-order chi connectivity index (χ0) is 22.2. The van der Waals surface area contributed by atoms with E-state index in [2.05, 4.69) is 45.6 Å². The lowest BCUT2D eigenvalue weighted by Crippen LogP contribution is -2.26. The van der Waals surface area contributed by atoms with Crippen molar-refractivity contribution in [3.05, 3.63) is 66.2 Å². The zero-order valence-electron chi connectivity index (χ0n) is 18.7. The van der Waals surface area contributed by atoms with Crippen molar-refractivity contribution < 1.29 is 4.74 Å². The third-order valence-corrected chi connectivity index (χ3v) is 6.51. The molecule has 1 aliphatic rings. The molecule has 0 aliphatic carbocycles. The molecule has 1 aliphatic heterocycles. The number of fused-ring (bicyclic) bond motifs is 2. The van der Waals surface area contributed by atoms with Crippen LogP contribution in [-0.2, 0) is 0 Å². The van der Waals surface area contributed by atoms with Crippen LogP contribution in [0.3, 0.4) is 0 Å². The van der Waals surface area contributed by atoms with Crippen molar-refractivity contribution in [3.63, 3.8) is 0 Å². The van der Waals surface area contributed by atoms with Crippen LogP contribution < -0.4 is 10.1 Å². The molecule has 6 heteroatoms. The number of hydrogen-bond acceptors (Lipinski definition) is 4. The fourth-order valence-electron chi connectivity index (χ4n) is 4.74. The molecule has 6 nitrogen and oxygen atoms in total. The lowest BCUT2D eigenvalue weighted by Gasteiger charge is -2.22. The monoisotopic (exact) mass is 437 g/mol. The van der Waals surface area contributed by atoms with E-state index in [1.54, 1.807) is 0 Å². The molecule has 5 aromatic rings. The van der Waals surface area contributed by atoms with Crippen LogP contribution in [0.1, 0.15) is 31.2 Å². The number of nitrogens with zero attached hydrogens (tertiary/aromatic N) is 2. The van der Waals surface area contributed by atoms with Gasteiger partial charge in [0.05, 0.1) is 28.7 Å². The molecule has 0 radical (unpaired) electrons. The van der Waals surface area contributed by atoms with E-state index in [1.165, 1.54) is 18.4 Å². The van der Waals surface area contributed by atoms with Gasteiger partial charge in [0.25, 0.3) is 0 Å². The molecule has 0 atom stereocenters. The second-order valence-corrected chi connectivity index (χ2v) is 8.66. The number of imidazole rings is 2. The third kappa shape index (κ3) is 3.87. The van der Waals surface area contributed by atoms with Crippen molar-refractivity contribution in [2.45, 2.75) is 25.7 Å². The minimum atomic E-state index is 0.629. The molecule has 2 aromatic heterocycles. The lowest BCUT2D eigenvalue weighted by molar-refractivity contribution is 0.340. The molecule has 33 heavy (non-hydrogen) atoms. The summed E-state index contributed by atoms with van der Waals surface area (Å²) in [7, 11) is 0. The molecule has 0 amide bonds. The predicted octanol–water partition coefficient (Wildman–Crippen LogP) is 5.64. The first kappa shape index (κ1) is 20.0. The number of rotatable bonds is 5. The zero-order valence-corrected chi connectivity index (χ0v) is 18.7. The number of H-pyrrole nitrogens is 2. The second-order valence-electron chi connectivity index (χ2n) is 8.66. The van der Waals surface area contributed by atoms with Gasteiger partial charge in [-0.1, -0.05) is 6.07 Å². The summed E-state index contributed by atoms with van der Waals surface area (Å²) in [5.41, 5.74) is 7.51. The Morgan fingerprint density at radius 3 is 2.15 bits per heavy atom. The molecule has 3 heterocycles. The van der Waals surface area contributed by atoms with E-state index >= 15 is 0 Å². The van der Waals surface area contributed by atoms with Gasteiger partial charge in [0.1, 0.15) is 17.4 Å². The molecule has 0 unspecified atom stereocenters. The van der Waals surface area contributed by atoms with E-state index in [9.17, 15) is 0 Å². The van der Waals surface area contributed by atoms with Crippen molar-refractivity contribution in [1.29, 1.82) is 0 Å². The molecule has 0 bridgehead atoms. The van der Waals surface area contributed by atoms with Crippen LogP contribution in [0, 0.1) is 0 Å². The summed E-state index contributed by atoms with van der Waals surface area (Å²) in [6.45, 7) is 4.84. The SMILES string of the molecule is CCOc1ccc(-c2nc3ccc(-c4nc5ccc(C6CCNCC6)cc5[nH]4)cc3[nH]2)cc1. The number of nitrogens with one attached hydrogen (secondary N) is 3. The van der Waals surface area contributed by atoms with Gasteiger partial charge in [-0.3, -0.25) is 0 Å². The summed E-state index contributed by atoms with van der Waals surface area (Å²) in [6.07, 6.45) is 2.39. The van der Waals surface area contributed by atoms with E-state index in [1.807, 2.05) is 37.3 Å². The Morgan fingerprint density at radius 2 is 1.42 bits per heavy atom. The average Bonchev–Trinajstić information content (AvgIpc) is 3.48. The molecule has 3 N–H and O–H groups in total. The van der Waals surface area contributed by atoms with Crippen LogP contribution in [0.25, 0.3) is 44.8 Å². The Bertz CT molecular complexity index is 1410. The van der Waals surface area contributed by atoms with E-state index in [0.717, 1.165) is 63.7 Å². The first-order valence-electron chi connectivity index (χ1n) is 11.7. The maximum Gasteiger partial charge on any atom is 0.138 e. The van der Waals surface area contributed by atoms with Crippen LogP contribution in [0.4, 0.5) is 0 Å².